The Morgan fingerprint density at radius 3 is 1.97 bits per heavy atom. The number of aromatic nitrogens is 2. The number of nitro benzene ring substituents is 1. The first-order valence-corrected chi connectivity index (χ1v) is 9.30. The first-order valence-electron chi connectivity index (χ1n) is 9.30. The highest BCUT2D eigenvalue weighted by Gasteiger charge is 2.30. The summed E-state index contributed by atoms with van der Waals surface area (Å²) in [7, 11) is 1.73. The van der Waals surface area contributed by atoms with Crippen molar-refractivity contribution < 1.29 is 18.1 Å². The maximum Gasteiger partial charge on any atom is 0.416 e. The Labute approximate surface area is 175 Å². The van der Waals surface area contributed by atoms with E-state index in [1.165, 1.54) is 24.3 Å². The van der Waals surface area contributed by atoms with Crippen molar-refractivity contribution >= 4 is 5.69 Å². The fourth-order valence-corrected chi connectivity index (χ4v) is 3.49. The van der Waals surface area contributed by atoms with E-state index in [2.05, 4.69) is 5.10 Å². The maximum atomic E-state index is 13.0. The van der Waals surface area contributed by atoms with Gasteiger partial charge in [0, 0.05) is 35.9 Å². The molecule has 156 valence electrons. The first-order chi connectivity index (χ1) is 14.8. The zero-order chi connectivity index (χ0) is 22.2. The van der Waals surface area contributed by atoms with Gasteiger partial charge in [-0.25, -0.2) is 0 Å². The van der Waals surface area contributed by atoms with Crippen LogP contribution in [0, 0.1) is 10.1 Å². The predicted molar refractivity (Wildman–Crippen MR) is 111 cm³/mol. The van der Waals surface area contributed by atoms with Crippen molar-refractivity contribution in [3.63, 3.8) is 0 Å². The van der Waals surface area contributed by atoms with Crippen LogP contribution in [0.1, 0.15) is 5.56 Å². The molecule has 0 bridgehead atoms. The molecule has 1 heterocycles. The summed E-state index contributed by atoms with van der Waals surface area (Å²) in [6.07, 6.45) is -4.42. The molecule has 0 aliphatic heterocycles. The summed E-state index contributed by atoms with van der Waals surface area (Å²) in [6.45, 7) is 0. The standard InChI is InChI=1S/C23H16F3N3O2/c1-28-22(17-9-13-19(14-10-17)29(30)31)20(15-5-3-2-4-6-15)21(27-28)16-7-11-18(12-8-16)23(24,25)26/h2-14H,1H3. The van der Waals surface area contributed by atoms with Crippen LogP contribution in [0.15, 0.2) is 78.9 Å². The minimum Gasteiger partial charge on any atom is -0.267 e. The number of hydrogen-bond donors (Lipinski definition) is 0. The second-order valence-corrected chi connectivity index (χ2v) is 6.94. The van der Waals surface area contributed by atoms with Gasteiger partial charge >= 0.3 is 6.18 Å². The molecule has 4 rings (SSSR count). The molecule has 0 radical (unpaired) electrons. The highest BCUT2D eigenvalue weighted by molar-refractivity contribution is 5.91. The van der Waals surface area contributed by atoms with Crippen LogP contribution in [0.25, 0.3) is 33.6 Å². The summed E-state index contributed by atoms with van der Waals surface area (Å²) >= 11 is 0. The quantitative estimate of drug-likeness (QED) is 0.284. The van der Waals surface area contributed by atoms with Gasteiger partial charge in [0.25, 0.3) is 5.69 Å². The van der Waals surface area contributed by atoms with Crippen molar-refractivity contribution in [2.24, 2.45) is 7.05 Å². The number of benzene rings is 3. The molecule has 0 unspecified atom stereocenters. The van der Waals surface area contributed by atoms with Gasteiger partial charge in [0.2, 0.25) is 0 Å². The molecule has 4 aromatic rings. The van der Waals surface area contributed by atoms with Crippen molar-refractivity contribution in [2.75, 3.05) is 0 Å². The lowest BCUT2D eigenvalue weighted by Gasteiger charge is -2.10. The third kappa shape index (κ3) is 3.92. The number of non-ortho nitro benzene ring substituents is 1. The number of nitro groups is 1. The van der Waals surface area contributed by atoms with E-state index < -0.39 is 16.7 Å². The lowest BCUT2D eigenvalue weighted by atomic mass is 9.95. The fraction of sp³-hybridized carbons (Fsp3) is 0.0870. The molecule has 0 saturated carbocycles. The molecule has 0 saturated heterocycles. The van der Waals surface area contributed by atoms with Crippen molar-refractivity contribution in [1.29, 1.82) is 0 Å². The Morgan fingerprint density at radius 1 is 0.839 bits per heavy atom. The average Bonchev–Trinajstić information content (AvgIpc) is 3.11. The Hall–Kier alpha value is -3.94. The van der Waals surface area contributed by atoms with Gasteiger partial charge in [-0.15, -0.1) is 0 Å². The average molecular weight is 423 g/mol. The molecule has 0 aliphatic rings. The van der Waals surface area contributed by atoms with Gasteiger partial charge < -0.3 is 0 Å². The molecule has 1 aromatic heterocycles. The minimum atomic E-state index is -4.42. The van der Waals surface area contributed by atoms with Crippen LogP contribution in [-0.4, -0.2) is 14.7 Å². The van der Waals surface area contributed by atoms with Crippen LogP contribution in [0.4, 0.5) is 18.9 Å². The van der Waals surface area contributed by atoms with Crippen molar-refractivity contribution in [3.05, 3.63) is 94.5 Å². The summed E-state index contributed by atoms with van der Waals surface area (Å²) in [5.41, 5.74) is 3.27. The van der Waals surface area contributed by atoms with Gasteiger partial charge in [0.15, 0.2) is 0 Å². The monoisotopic (exact) mass is 423 g/mol. The maximum absolute atomic E-state index is 13.0. The molecule has 0 amide bonds. The minimum absolute atomic E-state index is 0.0323. The lowest BCUT2D eigenvalue weighted by molar-refractivity contribution is -0.384. The topological polar surface area (TPSA) is 61.0 Å². The summed E-state index contributed by atoms with van der Waals surface area (Å²) in [4.78, 5) is 10.5. The normalized spacial score (nSPS) is 11.5. The van der Waals surface area contributed by atoms with E-state index in [-0.39, 0.29) is 5.69 Å². The van der Waals surface area contributed by atoms with Crippen molar-refractivity contribution in [3.8, 4) is 33.6 Å². The Balaban J connectivity index is 1.91. The van der Waals surface area contributed by atoms with Crippen LogP contribution in [0.3, 0.4) is 0 Å². The third-order valence-corrected chi connectivity index (χ3v) is 4.95. The molecule has 5 nitrogen and oxygen atoms in total. The molecule has 31 heavy (non-hydrogen) atoms. The van der Waals surface area contributed by atoms with E-state index in [0.717, 1.165) is 23.3 Å². The van der Waals surface area contributed by atoms with Crippen molar-refractivity contribution in [1.82, 2.24) is 9.78 Å². The number of aryl methyl sites for hydroxylation is 1. The van der Waals surface area contributed by atoms with Gasteiger partial charge in [-0.3, -0.25) is 14.8 Å². The largest absolute Gasteiger partial charge is 0.416 e. The van der Waals surface area contributed by atoms with E-state index in [4.69, 9.17) is 0 Å². The molecule has 3 aromatic carbocycles. The van der Waals surface area contributed by atoms with Crippen LogP contribution in [0.2, 0.25) is 0 Å². The molecule has 0 N–H and O–H groups in total. The summed E-state index contributed by atoms with van der Waals surface area (Å²) in [5.74, 6) is 0. The van der Waals surface area contributed by atoms with E-state index in [1.54, 1.807) is 23.9 Å². The first kappa shape index (κ1) is 20.3. The Bertz CT molecular complexity index is 1230. The van der Waals surface area contributed by atoms with Crippen LogP contribution in [-0.2, 0) is 13.2 Å². The second kappa shape index (κ2) is 7.71. The molecule has 0 atom stereocenters. The Kier molecular flexibility index (Phi) is 5.06. The zero-order valence-electron chi connectivity index (χ0n) is 16.3. The van der Waals surface area contributed by atoms with Crippen LogP contribution < -0.4 is 0 Å². The van der Waals surface area contributed by atoms with Gasteiger partial charge in [0.1, 0.15) is 5.69 Å². The molecule has 0 spiro atoms. The highest BCUT2D eigenvalue weighted by atomic mass is 19.4. The van der Waals surface area contributed by atoms with E-state index in [9.17, 15) is 23.3 Å². The second-order valence-electron chi connectivity index (χ2n) is 6.94. The smallest absolute Gasteiger partial charge is 0.267 e. The van der Waals surface area contributed by atoms with Crippen molar-refractivity contribution in [2.45, 2.75) is 6.18 Å². The van der Waals surface area contributed by atoms with Gasteiger partial charge in [0.05, 0.1) is 16.2 Å². The molecular formula is C23H16F3N3O2. The molecule has 0 fully saturated rings. The van der Waals surface area contributed by atoms with Gasteiger partial charge in [-0.05, 0) is 29.8 Å². The number of rotatable bonds is 4. The zero-order valence-corrected chi connectivity index (χ0v) is 16.3. The Morgan fingerprint density at radius 2 is 1.42 bits per heavy atom. The SMILES string of the molecule is Cn1nc(-c2ccc(C(F)(F)F)cc2)c(-c2ccccc2)c1-c1ccc([N+](=O)[O-])cc1. The molecule has 8 heteroatoms. The number of nitrogens with zero attached hydrogens (tertiary/aromatic N) is 3. The van der Waals surface area contributed by atoms with E-state index in [1.807, 2.05) is 30.3 Å². The number of alkyl halides is 3. The fourth-order valence-electron chi connectivity index (χ4n) is 3.49. The third-order valence-electron chi connectivity index (χ3n) is 4.95. The number of halogens is 3. The number of hydrogen-bond acceptors (Lipinski definition) is 3. The van der Waals surface area contributed by atoms with E-state index >= 15 is 0 Å². The van der Waals surface area contributed by atoms with E-state index in [0.29, 0.717) is 22.5 Å². The van der Waals surface area contributed by atoms with Gasteiger partial charge in [-0.2, -0.15) is 18.3 Å². The highest BCUT2D eigenvalue weighted by Crippen LogP contribution is 2.40. The summed E-state index contributed by atoms with van der Waals surface area (Å²) in [6, 6.07) is 20.3. The molecule has 0 aliphatic carbocycles. The van der Waals surface area contributed by atoms with Crippen LogP contribution in [0.5, 0.6) is 0 Å². The summed E-state index contributed by atoms with van der Waals surface area (Å²) in [5, 5.41) is 15.6. The lowest BCUT2D eigenvalue weighted by Crippen LogP contribution is -2.04. The molecular weight excluding hydrogens is 407 g/mol. The van der Waals surface area contributed by atoms with Crippen LogP contribution >= 0.6 is 0 Å². The predicted octanol–water partition coefficient (Wildman–Crippen LogP) is 6.35. The summed E-state index contributed by atoms with van der Waals surface area (Å²) < 4.78 is 40.6. The van der Waals surface area contributed by atoms with Gasteiger partial charge in [-0.1, -0.05) is 42.5 Å².